The smallest absolute Gasteiger partial charge is 0.0478 e. The summed E-state index contributed by atoms with van der Waals surface area (Å²) < 4.78 is 0. The van der Waals surface area contributed by atoms with Crippen LogP contribution in [0, 0.1) is 19.8 Å². The van der Waals surface area contributed by atoms with Crippen LogP contribution in [0.5, 0.6) is 0 Å². The zero-order chi connectivity index (χ0) is 16.0. The third-order valence-electron chi connectivity index (χ3n) is 4.49. The number of hydrogen-bond acceptors (Lipinski definition) is 2. The van der Waals surface area contributed by atoms with Crippen LogP contribution in [0.1, 0.15) is 63.3 Å². The van der Waals surface area contributed by atoms with Crippen molar-refractivity contribution in [2.24, 2.45) is 11.7 Å². The van der Waals surface area contributed by atoms with Crippen LogP contribution in [0.3, 0.4) is 0 Å². The number of benzene rings is 1. The lowest BCUT2D eigenvalue weighted by Crippen LogP contribution is -2.43. The maximum absolute atomic E-state index is 6.22. The van der Waals surface area contributed by atoms with Crippen molar-refractivity contribution >= 4 is 0 Å². The molecular formula is C19H34N2. The summed E-state index contributed by atoms with van der Waals surface area (Å²) in [4.78, 5) is 2.65. The van der Waals surface area contributed by atoms with E-state index in [1.165, 1.54) is 29.5 Å². The second-order valence-electron chi connectivity index (χ2n) is 6.62. The third-order valence-corrected chi connectivity index (χ3v) is 4.49. The predicted octanol–water partition coefficient (Wildman–Crippen LogP) is 4.45. The summed E-state index contributed by atoms with van der Waals surface area (Å²) in [6, 6.07) is 7.51. The van der Waals surface area contributed by atoms with E-state index in [1.807, 2.05) is 0 Å². The van der Waals surface area contributed by atoms with Crippen LogP contribution in [-0.2, 0) is 0 Å². The largest absolute Gasteiger partial charge is 0.329 e. The lowest BCUT2D eigenvalue weighted by molar-refractivity contribution is 0.112. The Kier molecular flexibility index (Phi) is 7.41. The predicted molar refractivity (Wildman–Crippen MR) is 93.6 cm³/mol. The van der Waals surface area contributed by atoms with Crippen LogP contribution >= 0.6 is 0 Å². The third kappa shape index (κ3) is 4.55. The number of hydrogen-bond donors (Lipinski definition) is 1. The van der Waals surface area contributed by atoms with E-state index in [9.17, 15) is 0 Å². The van der Waals surface area contributed by atoms with Gasteiger partial charge in [0.15, 0.2) is 0 Å². The van der Waals surface area contributed by atoms with E-state index in [0.29, 0.717) is 24.5 Å². The van der Waals surface area contributed by atoms with Crippen LogP contribution in [0.15, 0.2) is 18.2 Å². The Hall–Kier alpha value is -0.860. The van der Waals surface area contributed by atoms with E-state index in [-0.39, 0.29) is 0 Å². The molecule has 0 spiro atoms. The SMILES string of the molecule is CCC(CC)N(CC(C)C)C(CN)c1c(C)cccc1C. The molecule has 1 atom stereocenters. The van der Waals surface area contributed by atoms with E-state index in [0.717, 1.165) is 6.54 Å². The van der Waals surface area contributed by atoms with Gasteiger partial charge in [-0.2, -0.15) is 0 Å². The quantitative estimate of drug-likeness (QED) is 0.766. The van der Waals surface area contributed by atoms with E-state index in [1.54, 1.807) is 0 Å². The molecule has 2 N–H and O–H groups in total. The second kappa shape index (κ2) is 8.55. The molecule has 0 radical (unpaired) electrons. The molecule has 1 unspecified atom stereocenters. The van der Waals surface area contributed by atoms with Crippen LogP contribution in [0.2, 0.25) is 0 Å². The minimum absolute atomic E-state index is 0.332. The standard InChI is InChI=1S/C19H34N2/c1-7-17(8-2)21(13-14(3)4)18(12-20)19-15(5)10-9-11-16(19)6/h9-11,14,17-18H,7-8,12-13,20H2,1-6H3. The van der Waals surface area contributed by atoms with E-state index < -0.39 is 0 Å². The zero-order valence-corrected chi connectivity index (χ0v) is 14.8. The molecular weight excluding hydrogens is 256 g/mol. The van der Waals surface area contributed by atoms with Gasteiger partial charge in [0, 0.05) is 25.2 Å². The van der Waals surface area contributed by atoms with Gasteiger partial charge in [0.25, 0.3) is 0 Å². The van der Waals surface area contributed by atoms with Crippen LogP contribution < -0.4 is 5.73 Å². The topological polar surface area (TPSA) is 29.3 Å². The number of rotatable bonds is 8. The van der Waals surface area contributed by atoms with Gasteiger partial charge in [-0.05, 0) is 49.3 Å². The van der Waals surface area contributed by atoms with E-state index in [4.69, 9.17) is 5.73 Å². The first-order valence-electron chi connectivity index (χ1n) is 8.48. The second-order valence-corrected chi connectivity index (χ2v) is 6.62. The van der Waals surface area contributed by atoms with Gasteiger partial charge in [0.05, 0.1) is 0 Å². The van der Waals surface area contributed by atoms with Crippen molar-refractivity contribution in [2.45, 2.75) is 66.5 Å². The fourth-order valence-electron chi connectivity index (χ4n) is 3.48. The first-order chi connectivity index (χ1) is 9.96. The van der Waals surface area contributed by atoms with Crippen molar-refractivity contribution in [3.63, 3.8) is 0 Å². The summed E-state index contributed by atoms with van der Waals surface area (Å²) in [5.41, 5.74) is 10.4. The molecule has 0 aliphatic rings. The summed E-state index contributed by atoms with van der Waals surface area (Å²) in [5.74, 6) is 0.656. The molecule has 0 aromatic heterocycles. The Bertz CT molecular complexity index is 401. The normalized spacial score (nSPS) is 13.4. The van der Waals surface area contributed by atoms with Crippen molar-refractivity contribution in [3.05, 3.63) is 34.9 Å². The molecule has 0 saturated carbocycles. The number of nitrogens with zero attached hydrogens (tertiary/aromatic N) is 1. The molecule has 1 aromatic carbocycles. The van der Waals surface area contributed by atoms with Crippen molar-refractivity contribution in [1.82, 2.24) is 4.90 Å². The number of nitrogens with two attached hydrogens (primary N) is 1. The molecule has 0 heterocycles. The Morgan fingerprint density at radius 1 is 1.05 bits per heavy atom. The molecule has 0 bridgehead atoms. The summed E-state index contributed by atoms with van der Waals surface area (Å²) in [6.07, 6.45) is 2.37. The Morgan fingerprint density at radius 3 is 1.95 bits per heavy atom. The highest BCUT2D eigenvalue weighted by atomic mass is 15.2. The minimum atomic E-state index is 0.332. The summed E-state index contributed by atoms with van der Waals surface area (Å²) in [5, 5.41) is 0. The molecule has 2 nitrogen and oxygen atoms in total. The lowest BCUT2D eigenvalue weighted by atomic mass is 9.92. The molecule has 0 aliphatic carbocycles. The minimum Gasteiger partial charge on any atom is -0.329 e. The van der Waals surface area contributed by atoms with Crippen molar-refractivity contribution in [1.29, 1.82) is 0 Å². The number of aryl methyl sites for hydroxylation is 2. The van der Waals surface area contributed by atoms with Gasteiger partial charge in [-0.15, -0.1) is 0 Å². The molecule has 1 aromatic rings. The first-order valence-corrected chi connectivity index (χ1v) is 8.48. The van der Waals surface area contributed by atoms with Crippen molar-refractivity contribution in [3.8, 4) is 0 Å². The van der Waals surface area contributed by atoms with Crippen molar-refractivity contribution < 1.29 is 0 Å². The van der Waals surface area contributed by atoms with Crippen molar-refractivity contribution in [2.75, 3.05) is 13.1 Å². The fraction of sp³-hybridized carbons (Fsp3) is 0.684. The Morgan fingerprint density at radius 2 is 1.57 bits per heavy atom. The summed E-state index contributed by atoms with van der Waals surface area (Å²) >= 11 is 0. The van der Waals surface area contributed by atoms with Crippen LogP contribution in [0.25, 0.3) is 0 Å². The van der Waals surface area contributed by atoms with Crippen LogP contribution in [0.4, 0.5) is 0 Å². The van der Waals surface area contributed by atoms with Gasteiger partial charge >= 0.3 is 0 Å². The zero-order valence-electron chi connectivity index (χ0n) is 14.8. The Labute approximate surface area is 131 Å². The fourth-order valence-corrected chi connectivity index (χ4v) is 3.48. The lowest BCUT2D eigenvalue weighted by Gasteiger charge is -2.39. The van der Waals surface area contributed by atoms with Gasteiger partial charge in [-0.3, -0.25) is 4.90 Å². The van der Waals surface area contributed by atoms with Gasteiger partial charge in [0.2, 0.25) is 0 Å². The molecule has 0 aliphatic heterocycles. The summed E-state index contributed by atoms with van der Waals surface area (Å²) in [7, 11) is 0. The molecule has 1 rings (SSSR count). The molecule has 21 heavy (non-hydrogen) atoms. The highest BCUT2D eigenvalue weighted by Gasteiger charge is 2.27. The maximum Gasteiger partial charge on any atom is 0.0478 e. The molecule has 2 heteroatoms. The van der Waals surface area contributed by atoms with Gasteiger partial charge in [-0.1, -0.05) is 45.9 Å². The molecule has 0 saturated heterocycles. The average molecular weight is 290 g/mol. The molecule has 0 amide bonds. The average Bonchev–Trinajstić information content (AvgIpc) is 2.43. The monoisotopic (exact) mass is 290 g/mol. The van der Waals surface area contributed by atoms with Gasteiger partial charge < -0.3 is 5.73 Å². The van der Waals surface area contributed by atoms with Gasteiger partial charge in [0.1, 0.15) is 0 Å². The van der Waals surface area contributed by atoms with Gasteiger partial charge in [-0.25, -0.2) is 0 Å². The Balaban J connectivity index is 3.23. The van der Waals surface area contributed by atoms with E-state index in [2.05, 4.69) is 64.6 Å². The molecule has 0 fully saturated rings. The molecule has 120 valence electrons. The maximum atomic E-state index is 6.22. The highest BCUT2D eigenvalue weighted by molar-refractivity contribution is 5.36. The first kappa shape index (κ1) is 18.2. The van der Waals surface area contributed by atoms with Crippen LogP contribution in [-0.4, -0.2) is 24.0 Å². The highest BCUT2D eigenvalue weighted by Crippen LogP contribution is 2.30. The van der Waals surface area contributed by atoms with E-state index >= 15 is 0 Å². The summed E-state index contributed by atoms with van der Waals surface area (Å²) in [6.45, 7) is 15.4.